The number of fused-ring (bicyclic) bond motifs is 15. The van der Waals surface area contributed by atoms with E-state index in [9.17, 15) is 14.0 Å². The van der Waals surface area contributed by atoms with Crippen molar-refractivity contribution in [3.8, 4) is 0 Å². The van der Waals surface area contributed by atoms with Crippen LogP contribution in [0.4, 0.5) is 8.78 Å². The van der Waals surface area contributed by atoms with Crippen molar-refractivity contribution in [3.63, 3.8) is 0 Å². The van der Waals surface area contributed by atoms with Crippen LogP contribution in [0, 0.1) is 11.6 Å². The molecule has 9 heterocycles. The van der Waals surface area contributed by atoms with Crippen molar-refractivity contribution >= 4 is 110 Å². The minimum absolute atomic E-state index is 0. The molecular formula is C43H24ClF2N5O6. The van der Waals surface area contributed by atoms with E-state index in [4.69, 9.17) is 29.3 Å². The van der Waals surface area contributed by atoms with Gasteiger partial charge in [-0.2, -0.15) is 0 Å². The van der Waals surface area contributed by atoms with Gasteiger partial charge >= 0.3 is 11.3 Å². The zero-order valence-electron chi connectivity index (χ0n) is 28.4. The van der Waals surface area contributed by atoms with Crippen LogP contribution in [0.3, 0.4) is 0 Å². The van der Waals surface area contributed by atoms with E-state index in [0.717, 1.165) is 10.9 Å². The third-order valence-corrected chi connectivity index (χ3v) is 10.4. The van der Waals surface area contributed by atoms with E-state index in [0.29, 0.717) is 76.0 Å². The Balaban J connectivity index is 0.000000149. The lowest BCUT2D eigenvalue weighted by molar-refractivity contribution is 0.553. The predicted molar refractivity (Wildman–Crippen MR) is 215 cm³/mol. The molecule has 3 aromatic carbocycles. The van der Waals surface area contributed by atoms with Gasteiger partial charge in [0.25, 0.3) is 0 Å². The SMILES string of the molecule is C.O=c1oc2ncccc2c2c1[nH]c1cc(F)c3ccoc3c12.O=c1oc2ncccc2c2c3c4occc4c(F)cc3n(Cc3cc4ccccc4nc3Cl)c12. The summed E-state index contributed by atoms with van der Waals surface area (Å²) in [6.45, 7) is 0.179. The maximum Gasteiger partial charge on any atom is 0.362 e. The van der Waals surface area contributed by atoms with E-state index in [2.05, 4.69) is 19.9 Å². The summed E-state index contributed by atoms with van der Waals surface area (Å²) in [4.78, 5) is 41.1. The van der Waals surface area contributed by atoms with E-state index in [-0.39, 0.29) is 36.4 Å². The van der Waals surface area contributed by atoms with Crippen molar-refractivity contribution in [2.75, 3.05) is 0 Å². The smallest absolute Gasteiger partial charge is 0.362 e. The van der Waals surface area contributed by atoms with Crippen LogP contribution in [0.2, 0.25) is 5.15 Å². The number of rotatable bonds is 2. The quantitative estimate of drug-likeness (QED) is 0.169. The first-order valence-electron chi connectivity index (χ1n) is 17.2. The average molecular weight is 780 g/mol. The third kappa shape index (κ3) is 4.98. The largest absolute Gasteiger partial charge is 0.463 e. The fourth-order valence-electron chi connectivity index (χ4n) is 7.74. The Kier molecular flexibility index (Phi) is 7.53. The van der Waals surface area contributed by atoms with Crippen LogP contribution in [0.15, 0.2) is 131 Å². The maximum atomic E-state index is 15.1. The number of aromatic nitrogens is 5. The normalized spacial score (nSPS) is 11.8. The molecule has 0 bridgehead atoms. The molecule has 0 amide bonds. The number of benzene rings is 3. The maximum absolute atomic E-state index is 15.1. The molecule has 0 unspecified atom stereocenters. The van der Waals surface area contributed by atoms with Gasteiger partial charge in [0.1, 0.15) is 39.0 Å². The van der Waals surface area contributed by atoms with Crippen molar-refractivity contribution in [1.29, 1.82) is 0 Å². The molecule has 57 heavy (non-hydrogen) atoms. The molecule has 0 saturated heterocycles. The Morgan fingerprint density at radius 1 is 0.702 bits per heavy atom. The van der Waals surface area contributed by atoms with E-state index in [1.165, 1.54) is 24.7 Å². The summed E-state index contributed by atoms with van der Waals surface area (Å²) in [5, 5.41) is 5.73. The van der Waals surface area contributed by atoms with Crippen LogP contribution >= 0.6 is 11.6 Å². The van der Waals surface area contributed by atoms with Gasteiger partial charge in [-0.25, -0.2) is 33.3 Å². The highest BCUT2D eigenvalue weighted by Gasteiger charge is 2.25. The van der Waals surface area contributed by atoms with Crippen molar-refractivity contribution in [3.05, 3.63) is 147 Å². The van der Waals surface area contributed by atoms with Gasteiger partial charge in [0, 0.05) is 44.9 Å². The lowest BCUT2D eigenvalue weighted by atomic mass is 10.1. The minimum Gasteiger partial charge on any atom is -0.463 e. The second-order valence-corrected chi connectivity index (χ2v) is 13.5. The van der Waals surface area contributed by atoms with Crippen molar-refractivity contribution in [2.45, 2.75) is 14.0 Å². The first-order chi connectivity index (χ1) is 27.3. The molecule has 11 nitrogen and oxygen atoms in total. The molecule has 0 saturated carbocycles. The van der Waals surface area contributed by atoms with Crippen molar-refractivity contribution in [2.24, 2.45) is 0 Å². The minimum atomic E-state index is -0.581. The summed E-state index contributed by atoms with van der Waals surface area (Å²) in [5.74, 6) is -0.857. The van der Waals surface area contributed by atoms with Gasteiger partial charge in [-0.05, 0) is 60.7 Å². The van der Waals surface area contributed by atoms with Gasteiger partial charge in [-0.1, -0.05) is 37.2 Å². The Bertz CT molecular complexity index is 3750. The molecule has 0 aliphatic heterocycles. The fraction of sp³-hybridized carbons (Fsp3) is 0.0465. The number of furan rings is 2. The number of hydrogen-bond acceptors (Lipinski definition) is 9. The number of hydrogen-bond donors (Lipinski definition) is 1. The van der Waals surface area contributed by atoms with Gasteiger partial charge < -0.3 is 27.2 Å². The molecule has 12 rings (SSSR count). The number of halogens is 3. The zero-order chi connectivity index (χ0) is 37.8. The standard InChI is InChI=1S/C26H13ClFN3O3.C16H7FN2O3.CH4/c27-24-14(10-13-4-1-2-6-18(13)30-24)12-31-19-11-17(28)15-7-9-33-23(15)21(19)20-16-5-3-8-29-25(16)34-26(32)22(20)31;17-9-6-10-12(14-7(9)3-5-21-14)11-8-2-1-4-18-15(8)22-16(20)13(11)19-10;/h1-11H,12H2;1-6,19H;1H4. The van der Waals surface area contributed by atoms with Gasteiger partial charge in [0.05, 0.1) is 57.2 Å². The molecule has 0 aliphatic rings. The molecule has 12 aromatic rings. The molecule has 0 aliphatic carbocycles. The predicted octanol–water partition coefficient (Wildman–Crippen LogP) is 10.8. The van der Waals surface area contributed by atoms with Crippen LogP contribution in [0.5, 0.6) is 0 Å². The summed E-state index contributed by atoms with van der Waals surface area (Å²) in [7, 11) is 0. The Morgan fingerprint density at radius 2 is 1.35 bits per heavy atom. The van der Waals surface area contributed by atoms with Crippen molar-refractivity contribution < 1.29 is 26.4 Å². The van der Waals surface area contributed by atoms with E-state index < -0.39 is 22.9 Å². The monoisotopic (exact) mass is 779 g/mol. The highest BCUT2D eigenvalue weighted by Crippen LogP contribution is 2.40. The molecular weight excluding hydrogens is 756 g/mol. The Hall–Kier alpha value is -7.38. The topological polar surface area (TPSA) is 146 Å². The lowest BCUT2D eigenvalue weighted by Crippen LogP contribution is -2.09. The number of nitrogens with one attached hydrogen (secondary N) is 1. The van der Waals surface area contributed by atoms with Crippen LogP contribution < -0.4 is 11.3 Å². The summed E-state index contributed by atoms with van der Waals surface area (Å²) in [6.07, 6.45) is 5.97. The average Bonchev–Trinajstić information content (AvgIpc) is 4.01. The number of H-pyrrole nitrogens is 1. The van der Waals surface area contributed by atoms with Gasteiger partial charge in [-0.15, -0.1) is 0 Å². The first-order valence-corrected chi connectivity index (χ1v) is 17.5. The summed E-state index contributed by atoms with van der Waals surface area (Å²) in [6, 6.07) is 22.6. The second-order valence-electron chi connectivity index (χ2n) is 13.2. The molecule has 0 spiro atoms. The summed E-state index contributed by atoms with van der Waals surface area (Å²) >= 11 is 6.54. The molecule has 14 heteroatoms. The van der Waals surface area contributed by atoms with Gasteiger partial charge in [-0.3, -0.25) is 0 Å². The third-order valence-electron chi connectivity index (χ3n) is 10.1. The van der Waals surface area contributed by atoms with Crippen LogP contribution in [-0.4, -0.2) is 24.5 Å². The van der Waals surface area contributed by atoms with Gasteiger partial charge in [0.2, 0.25) is 11.4 Å². The molecule has 0 radical (unpaired) electrons. The van der Waals surface area contributed by atoms with E-state index in [1.807, 2.05) is 36.4 Å². The van der Waals surface area contributed by atoms with E-state index in [1.54, 1.807) is 47.3 Å². The van der Waals surface area contributed by atoms with Crippen LogP contribution in [-0.2, 0) is 6.54 Å². The molecule has 1 N–H and O–H groups in total. The summed E-state index contributed by atoms with van der Waals surface area (Å²) < 4.78 is 52.8. The molecule has 0 atom stereocenters. The number of aromatic amines is 1. The van der Waals surface area contributed by atoms with Crippen molar-refractivity contribution in [1.82, 2.24) is 24.5 Å². The zero-order valence-corrected chi connectivity index (χ0v) is 29.2. The Morgan fingerprint density at radius 3 is 2.09 bits per heavy atom. The first kappa shape index (κ1) is 34.1. The lowest BCUT2D eigenvalue weighted by Gasteiger charge is -2.10. The van der Waals surface area contributed by atoms with Crippen LogP contribution in [0.1, 0.15) is 13.0 Å². The van der Waals surface area contributed by atoms with Crippen LogP contribution in [0.25, 0.3) is 98.7 Å². The highest BCUT2D eigenvalue weighted by molar-refractivity contribution is 6.31. The molecule has 278 valence electrons. The fourth-order valence-corrected chi connectivity index (χ4v) is 7.95. The van der Waals surface area contributed by atoms with Gasteiger partial charge in [0.15, 0.2) is 0 Å². The number of nitrogens with zero attached hydrogens (tertiary/aromatic N) is 4. The summed E-state index contributed by atoms with van der Waals surface area (Å²) in [5.41, 5.74) is 3.05. The number of pyridine rings is 3. The molecule has 9 aromatic heterocycles. The Labute approximate surface area is 321 Å². The molecule has 0 fully saturated rings. The number of para-hydroxylation sites is 1. The highest BCUT2D eigenvalue weighted by atomic mass is 35.5. The second kappa shape index (κ2) is 12.6. The van der Waals surface area contributed by atoms with E-state index >= 15 is 4.39 Å².